The highest BCUT2D eigenvalue weighted by Gasteiger charge is 2.10. The molecule has 0 fully saturated rings. The topological polar surface area (TPSA) is 17.1 Å². The van der Waals surface area contributed by atoms with Gasteiger partial charge < -0.3 is 0 Å². The monoisotopic (exact) mass is 280 g/mol. The summed E-state index contributed by atoms with van der Waals surface area (Å²) in [5.74, 6) is 0.103. The Labute approximate surface area is 101 Å². The molecule has 1 nitrogen and oxygen atoms in total. The molecule has 0 amide bonds. The molecule has 0 radical (unpaired) electrons. The van der Waals surface area contributed by atoms with Crippen molar-refractivity contribution in [2.24, 2.45) is 0 Å². The molecule has 0 aliphatic rings. The van der Waals surface area contributed by atoms with Crippen LogP contribution in [-0.2, 0) is 0 Å². The van der Waals surface area contributed by atoms with E-state index in [4.69, 9.17) is 0 Å². The first-order valence-corrected chi connectivity index (χ1v) is 6.20. The summed E-state index contributed by atoms with van der Waals surface area (Å²) in [5, 5.41) is 2.01. The van der Waals surface area contributed by atoms with Gasteiger partial charge >= 0.3 is 0 Å². The third kappa shape index (κ3) is 2.19. The minimum absolute atomic E-state index is 0.103. The van der Waals surface area contributed by atoms with E-state index in [0.717, 1.165) is 20.5 Å². The summed E-state index contributed by atoms with van der Waals surface area (Å²) < 4.78 is 0.996. The molecule has 0 aliphatic heterocycles. The Bertz CT molecular complexity index is 488. The predicted octanol–water partition coefficient (Wildman–Crippen LogP) is 4.38. The van der Waals surface area contributed by atoms with Crippen molar-refractivity contribution in [3.8, 4) is 10.4 Å². The first kappa shape index (κ1) is 10.6. The first-order valence-electron chi connectivity index (χ1n) is 4.53. The summed E-state index contributed by atoms with van der Waals surface area (Å²) in [5.41, 5.74) is 1.78. The molecule has 2 rings (SSSR count). The van der Waals surface area contributed by atoms with Gasteiger partial charge in [-0.15, -0.1) is 11.3 Å². The molecule has 76 valence electrons. The normalized spacial score (nSPS) is 10.3. The van der Waals surface area contributed by atoms with Gasteiger partial charge in [0.2, 0.25) is 0 Å². The Morgan fingerprint density at radius 3 is 2.73 bits per heavy atom. The number of Topliss-reactive ketones (excluding diaryl/α,β-unsaturated/α-hetero) is 1. The molecule has 1 aromatic carbocycles. The van der Waals surface area contributed by atoms with Crippen LogP contribution in [-0.4, -0.2) is 5.78 Å². The van der Waals surface area contributed by atoms with E-state index in [2.05, 4.69) is 15.9 Å². The molecule has 0 bridgehead atoms. The van der Waals surface area contributed by atoms with Gasteiger partial charge in [-0.2, -0.15) is 0 Å². The highest BCUT2D eigenvalue weighted by molar-refractivity contribution is 9.10. The van der Waals surface area contributed by atoms with Gasteiger partial charge in [-0.3, -0.25) is 4.79 Å². The van der Waals surface area contributed by atoms with Crippen LogP contribution in [0.15, 0.2) is 40.2 Å². The lowest BCUT2D eigenvalue weighted by molar-refractivity contribution is 0.101. The SMILES string of the molecule is CC(=O)c1ccc(Br)cc1-c1cccs1. The fraction of sp³-hybridized carbons (Fsp3) is 0.0833. The predicted molar refractivity (Wildman–Crippen MR) is 67.5 cm³/mol. The summed E-state index contributed by atoms with van der Waals surface area (Å²) in [6.07, 6.45) is 0. The number of hydrogen-bond donors (Lipinski definition) is 0. The minimum atomic E-state index is 0.103. The molecule has 1 aromatic heterocycles. The van der Waals surface area contributed by atoms with Crippen LogP contribution in [0.2, 0.25) is 0 Å². The lowest BCUT2D eigenvalue weighted by atomic mass is 10.0. The van der Waals surface area contributed by atoms with Gasteiger partial charge in [-0.25, -0.2) is 0 Å². The van der Waals surface area contributed by atoms with Crippen molar-refractivity contribution in [1.82, 2.24) is 0 Å². The van der Waals surface area contributed by atoms with Crippen molar-refractivity contribution in [1.29, 1.82) is 0 Å². The number of hydrogen-bond acceptors (Lipinski definition) is 2. The van der Waals surface area contributed by atoms with Gasteiger partial charge in [-0.05, 0) is 36.6 Å². The molecule has 15 heavy (non-hydrogen) atoms. The zero-order valence-electron chi connectivity index (χ0n) is 8.16. The lowest BCUT2D eigenvalue weighted by Crippen LogP contribution is -1.94. The zero-order valence-corrected chi connectivity index (χ0v) is 10.6. The highest BCUT2D eigenvalue weighted by atomic mass is 79.9. The Kier molecular flexibility index (Phi) is 3.03. The second kappa shape index (κ2) is 4.29. The lowest BCUT2D eigenvalue weighted by Gasteiger charge is -2.05. The van der Waals surface area contributed by atoms with Gasteiger partial charge in [0, 0.05) is 20.5 Å². The van der Waals surface area contributed by atoms with Gasteiger partial charge in [0.15, 0.2) is 5.78 Å². The number of ketones is 1. The van der Waals surface area contributed by atoms with E-state index in [1.165, 1.54) is 0 Å². The van der Waals surface area contributed by atoms with Crippen molar-refractivity contribution in [2.45, 2.75) is 6.92 Å². The van der Waals surface area contributed by atoms with Crippen LogP contribution in [0, 0.1) is 0 Å². The van der Waals surface area contributed by atoms with Crippen molar-refractivity contribution < 1.29 is 4.79 Å². The Morgan fingerprint density at radius 1 is 1.33 bits per heavy atom. The summed E-state index contributed by atoms with van der Waals surface area (Å²) in [4.78, 5) is 12.6. The third-order valence-electron chi connectivity index (χ3n) is 2.15. The average molecular weight is 281 g/mol. The molecular weight excluding hydrogens is 272 g/mol. The van der Waals surface area contributed by atoms with E-state index >= 15 is 0 Å². The van der Waals surface area contributed by atoms with E-state index < -0.39 is 0 Å². The number of benzene rings is 1. The summed E-state index contributed by atoms with van der Waals surface area (Å²) in [7, 11) is 0. The smallest absolute Gasteiger partial charge is 0.160 e. The van der Waals surface area contributed by atoms with Crippen molar-refractivity contribution in [3.05, 3.63) is 45.7 Å². The number of carbonyl (C=O) groups excluding carboxylic acids is 1. The molecule has 0 atom stereocenters. The second-order valence-corrected chi connectivity index (χ2v) is 5.09. The average Bonchev–Trinajstić information content (AvgIpc) is 2.69. The van der Waals surface area contributed by atoms with Crippen molar-refractivity contribution in [3.63, 3.8) is 0 Å². The fourth-order valence-electron chi connectivity index (χ4n) is 1.46. The first-order chi connectivity index (χ1) is 7.18. The van der Waals surface area contributed by atoms with Crippen LogP contribution in [0.1, 0.15) is 17.3 Å². The molecule has 3 heteroatoms. The largest absolute Gasteiger partial charge is 0.294 e. The second-order valence-electron chi connectivity index (χ2n) is 3.22. The Balaban J connectivity index is 2.63. The highest BCUT2D eigenvalue weighted by Crippen LogP contribution is 2.30. The van der Waals surface area contributed by atoms with Crippen LogP contribution in [0.25, 0.3) is 10.4 Å². The molecule has 2 aromatic rings. The van der Waals surface area contributed by atoms with E-state index in [1.54, 1.807) is 18.3 Å². The van der Waals surface area contributed by atoms with E-state index in [9.17, 15) is 4.79 Å². The molecule has 1 heterocycles. The third-order valence-corrected chi connectivity index (χ3v) is 3.54. The standard InChI is InChI=1S/C12H9BrOS/c1-8(14)10-5-4-9(13)7-11(10)12-3-2-6-15-12/h2-7H,1H3. The molecule has 0 saturated heterocycles. The van der Waals surface area contributed by atoms with Crippen molar-refractivity contribution in [2.75, 3.05) is 0 Å². The summed E-state index contributed by atoms with van der Waals surface area (Å²) in [6, 6.07) is 9.77. The molecule has 0 N–H and O–H groups in total. The zero-order chi connectivity index (χ0) is 10.8. The van der Waals surface area contributed by atoms with Crippen molar-refractivity contribution >= 4 is 33.0 Å². The number of carbonyl (C=O) groups is 1. The number of halogens is 1. The Morgan fingerprint density at radius 2 is 2.13 bits per heavy atom. The van der Waals surface area contributed by atoms with Gasteiger partial charge in [0.25, 0.3) is 0 Å². The molecule has 0 spiro atoms. The van der Waals surface area contributed by atoms with Crippen LogP contribution >= 0.6 is 27.3 Å². The molecule has 0 saturated carbocycles. The van der Waals surface area contributed by atoms with Crippen LogP contribution in [0.5, 0.6) is 0 Å². The fourth-order valence-corrected chi connectivity index (χ4v) is 2.58. The Hall–Kier alpha value is -0.930. The van der Waals surface area contributed by atoms with Gasteiger partial charge in [-0.1, -0.05) is 22.0 Å². The maximum atomic E-state index is 11.5. The molecular formula is C12H9BrOS. The van der Waals surface area contributed by atoms with Crippen LogP contribution in [0.4, 0.5) is 0 Å². The summed E-state index contributed by atoms with van der Waals surface area (Å²) >= 11 is 5.07. The van der Waals surface area contributed by atoms with Gasteiger partial charge in [0.1, 0.15) is 0 Å². The van der Waals surface area contributed by atoms with E-state index in [1.807, 2.05) is 35.7 Å². The van der Waals surface area contributed by atoms with Crippen LogP contribution < -0.4 is 0 Å². The van der Waals surface area contributed by atoms with Crippen LogP contribution in [0.3, 0.4) is 0 Å². The quantitative estimate of drug-likeness (QED) is 0.746. The maximum absolute atomic E-state index is 11.5. The molecule has 0 aliphatic carbocycles. The number of thiophene rings is 1. The maximum Gasteiger partial charge on any atom is 0.160 e. The van der Waals surface area contributed by atoms with E-state index in [-0.39, 0.29) is 5.78 Å². The molecule has 0 unspecified atom stereocenters. The van der Waals surface area contributed by atoms with Gasteiger partial charge in [0.05, 0.1) is 0 Å². The number of rotatable bonds is 2. The minimum Gasteiger partial charge on any atom is -0.294 e. The summed E-state index contributed by atoms with van der Waals surface area (Å²) in [6.45, 7) is 1.60. The van der Waals surface area contributed by atoms with E-state index in [0.29, 0.717) is 0 Å².